The molecular formula is C27H35N3O2. The van der Waals surface area contributed by atoms with Gasteiger partial charge in [-0.1, -0.05) is 49.1 Å². The number of nitrogens with one attached hydrogen (secondary N) is 1. The van der Waals surface area contributed by atoms with Gasteiger partial charge in [-0.25, -0.2) is 4.98 Å². The second-order valence-corrected chi connectivity index (χ2v) is 9.15. The number of benzene rings is 2. The molecule has 1 aliphatic rings. The number of para-hydroxylation sites is 2. The van der Waals surface area contributed by atoms with E-state index >= 15 is 0 Å². The molecule has 170 valence electrons. The number of carbonyl (C=O) groups is 1. The Morgan fingerprint density at radius 3 is 2.72 bits per heavy atom. The molecule has 0 saturated heterocycles. The van der Waals surface area contributed by atoms with Crippen LogP contribution in [-0.2, 0) is 11.3 Å². The molecule has 1 amide bonds. The second-order valence-electron chi connectivity index (χ2n) is 9.15. The lowest BCUT2D eigenvalue weighted by atomic mass is 9.88. The van der Waals surface area contributed by atoms with Crippen molar-refractivity contribution in [1.29, 1.82) is 0 Å². The number of aryl methyl sites for hydroxylation is 3. The summed E-state index contributed by atoms with van der Waals surface area (Å²) >= 11 is 0. The van der Waals surface area contributed by atoms with Gasteiger partial charge in [0.25, 0.3) is 0 Å². The van der Waals surface area contributed by atoms with Gasteiger partial charge >= 0.3 is 0 Å². The number of aromatic nitrogens is 2. The number of ether oxygens (including phenoxy) is 1. The molecule has 1 atom stereocenters. The normalized spacial score (nSPS) is 15.6. The first-order valence-electron chi connectivity index (χ1n) is 12.0. The van der Waals surface area contributed by atoms with Crippen LogP contribution < -0.4 is 10.1 Å². The van der Waals surface area contributed by atoms with E-state index in [0.717, 1.165) is 66.8 Å². The Balaban J connectivity index is 1.44. The number of hydrogen-bond acceptors (Lipinski definition) is 3. The smallest absolute Gasteiger partial charge is 0.223 e. The molecule has 1 aromatic heterocycles. The molecule has 1 fully saturated rings. The Morgan fingerprint density at radius 1 is 1.16 bits per heavy atom. The molecule has 2 aromatic carbocycles. The zero-order valence-corrected chi connectivity index (χ0v) is 19.6. The van der Waals surface area contributed by atoms with Crippen molar-refractivity contribution >= 4 is 16.9 Å². The molecule has 5 heteroatoms. The first-order chi connectivity index (χ1) is 15.5. The molecule has 5 nitrogen and oxygen atoms in total. The minimum Gasteiger partial charge on any atom is -0.493 e. The number of hydrogen-bond donors (Lipinski definition) is 1. The molecule has 1 unspecified atom stereocenters. The molecule has 4 rings (SSSR count). The number of fused-ring (bicyclic) bond motifs is 1. The first-order valence-corrected chi connectivity index (χ1v) is 12.0. The summed E-state index contributed by atoms with van der Waals surface area (Å²) in [5.74, 6) is 2.19. The van der Waals surface area contributed by atoms with Crippen LogP contribution in [0.2, 0.25) is 0 Å². The van der Waals surface area contributed by atoms with Crippen molar-refractivity contribution in [3.05, 3.63) is 59.4 Å². The van der Waals surface area contributed by atoms with Gasteiger partial charge in [-0.3, -0.25) is 4.79 Å². The molecule has 0 aliphatic heterocycles. The molecular weight excluding hydrogens is 398 g/mol. The van der Waals surface area contributed by atoms with E-state index in [-0.39, 0.29) is 17.9 Å². The van der Waals surface area contributed by atoms with Crippen LogP contribution in [0.5, 0.6) is 5.75 Å². The minimum absolute atomic E-state index is 0.128. The SMILES string of the molecule is Cc1ccc(OCCCn2c(C(C)NC(=O)C3CCCCC3)nc3ccccc32)c(C)c1. The van der Waals surface area contributed by atoms with E-state index in [1.165, 1.54) is 12.0 Å². The van der Waals surface area contributed by atoms with Gasteiger partial charge in [0, 0.05) is 12.5 Å². The number of carbonyl (C=O) groups excluding carboxylic acids is 1. The first kappa shape index (κ1) is 22.4. The Bertz CT molecular complexity index is 1070. The fourth-order valence-electron chi connectivity index (χ4n) is 4.79. The summed E-state index contributed by atoms with van der Waals surface area (Å²) in [4.78, 5) is 17.7. The van der Waals surface area contributed by atoms with Crippen molar-refractivity contribution in [3.63, 3.8) is 0 Å². The summed E-state index contributed by atoms with van der Waals surface area (Å²) in [7, 11) is 0. The standard InChI is InChI=1S/C27H35N3O2/c1-19-14-15-25(20(2)18-19)32-17-9-16-30-24-13-8-7-12-23(24)29-26(30)21(3)28-27(31)22-10-5-4-6-11-22/h7-8,12-15,18,21-22H,4-6,9-11,16-17H2,1-3H3,(H,28,31). The lowest BCUT2D eigenvalue weighted by Gasteiger charge is -2.23. The van der Waals surface area contributed by atoms with E-state index in [2.05, 4.69) is 41.9 Å². The maximum Gasteiger partial charge on any atom is 0.223 e. The van der Waals surface area contributed by atoms with Crippen LogP contribution in [0.25, 0.3) is 11.0 Å². The van der Waals surface area contributed by atoms with Crippen molar-refractivity contribution in [2.75, 3.05) is 6.61 Å². The minimum atomic E-state index is -0.128. The summed E-state index contributed by atoms with van der Waals surface area (Å²) < 4.78 is 8.29. The third-order valence-corrected chi connectivity index (χ3v) is 6.52. The van der Waals surface area contributed by atoms with Gasteiger partial charge in [0.1, 0.15) is 11.6 Å². The van der Waals surface area contributed by atoms with Crippen LogP contribution in [0.4, 0.5) is 0 Å². The third kappa shape index (κ3) is 5.14. The van der Waals surface area contributed by atoms with Crippen LogP contribution >= 0.6 is 0 Å². The third-order valence-electron chi connectivity index (χ3n) is 6.52. The van der Waals surface area contributed by atoms with Crippen molar-refractivity contribution < 1.29 is 9.53 Å². The topological polar surface area (TPSA) is 56.1 Å². The highest BCUT2D eigenvalue weighted by Gasteiger charge is 2.24. The van der Waals surface area contributed by atoms with Crippen LogP contribution in [0.3, 0.4) is 0 Å². The van der Waals surface area contributed by atoms with E-state index < -0.39 is 0 Å². The summed E-state index contributed by atoms with van der Waals surface area (Å²) in [6, 6.07) is 14.3. The molecule has 32 heavy (non-hydrogen) atoms. The summed E-state index contributed by atoms with van der Waals surface area (Å²) in [6.45, 7) is 7.66. The highest BCUT2D eigenvalue weighted by atomic mass is 16.5. The van der Waals surface area contributed by atoms with Crippen LogP contribution in [-0.4, -0.2) is 22.1 Å². The average molecular weight is 434 g/mol. The zero-order chi connectivity index (χ0) is 22.5. The maximum atomic E-state index is 12.8. The number of amides is 1. The molecule has 1 aliphatic carbocycles. The fourth-order valence-corrected chi connectivity index (χ4v) is 4.79. The maximum absolute atomic E-state index is 12.8. The van der Waals surface area contributed by atoms with Gasteiger partial charge in [-0.15, -0.1) is 0 Å². The van der Waals surface area contributed by atoms with Crippen molar-refractivity contribution in [2.45, 2.75) is 71.9 Å². The lowest BCUT2D eigenvalue weighted by Crippen LogP contribution is -2.35. The van der Waals surface area contributed by atoms with E-state index in [4.69, 9.17) is 9.72 Å². The van der Waals surface area contributed by atoms with Crippen LogP contribution in [0.15, 0.2) is 42.5 Å². The molecule has 1 N–H and O–H groups in total. The summed E-state index contributed by atoms with van der Waals surface area (Å²) in [5.41, 5.74) is 4.48. The summed E-state index contributed by atoms with van der Waals surface area (Å²) in [5, 5.41) is 3.24. The van der Waals surface area contributed by atoms with Gasteiger partial charge in [-0.2, -0.15) is 0 Å². The predicted octanol–water partition coefficient (Wildman–Crippen LogP) is 5.88. The Kier molecular flexibility index (Phi) is 7.13. The molecule has 1 saturated carbocycles. The highest BCUT2D eigenvalue weighted by molar-refractivity contribution is 5.80. The largest absolute Gasteiger partial charge is 0.493 e. The van der Waals surface area contributed by atoms with Gasteiger partial charge in [0.05, 0.1) is 23.7 Å². The van der Waals surface area contributed by atoms with Gasteiger partial charge in [0.2, 0.25) is 5.91 Å². The second kappa shape index (κ2) is 10.2. The number of rotatable bonds is 8. The number of imidazole rings is 1. The Labute approximate surface area is 191 Å². The van der Waals surface area contributed by atoms with Crippen LogP contribution in [0.1, 0.15) is 68.4 Å². The van der Waals surface area contributed by atoms with Crippen molar-refractivity contribution in [3.8, 4) is 5.75 Å². The monoisotopic (exact) mass is 433 g/mol. The summed E-state index contributed by atoms with van der Waals surface area (Å²) in [6.07, 6.45) is 6.44. The Hall–Kier alpha value is -2.82. The van der Waals surface area contributed by atoms with Crippen molar-refractivity contribution in [2.24, 2.45) is 5.92 Å². The quantitative estimate of drug-likeness (QED) is 0.451. The predicted molar refractivity (Wildman–Crippen MR) is 129 cm³/mol. The molecule has 0 bridgehead atoms. The average Bonchev–Trinajstić information content (AvgIpc) is 3.17. The number of nitrogens with zero attached hydrogens (tertiary/aromatic N) is 2. The van der Waals surface area contributed by atoms with E-state index in [1.54, 1.807) is 0 Å². The van der Waals surface area contributed by atoms with E-state index in [0.29, 0.717) is 6.61 Å². The molecule has 3 aromatic rings. The molecule has 0 radical (unpaired) electrons. The molecule has 1 heterocycles. The van der Waals surface area contributed by atoms with Crippen LogP contribution in [0, 0.1) is 19.8 Å². The van der Waals surface area contributed by atoms with Gasteiger partial charge < -0.3 is 14.6 Å². The lowest BCUT2D eigenvalue weighted by molar-refractivity contribution is -0.126. The van der Waals surface area contributed by atoms with Crippen molar-refractivity contribution in [1.82, 2.24) is 14.9 Å². The zero-order valence-electron chi connectivity index (χ0n) is 19.6. The van der Waals surface area contributed by atoms with Gasteiger partial charge in [0.15, 0.2) is 0 Å². The van der Waals surface area contributed by atoms with Gasteiger partial charge in [-0.05, 0) is 63.8 Å². The Morgan fingerprint density at radius 2 is 1.94 bits per heavy atom. The molecule has 0 spiro atoms. The highest BCUT2D eigenvalue weighted by Crippen LogP contribution is 2.26. The fraction of sp³-hybridized carbons (Fsp3) is 0.481. The van der Waals surface area contributed by atoms with E-state index in [9.17, 15) is 4.79 Å². The van der Waals surface area contributed by atoms with E-state index in [1.807, 2.05) is 31.2 Å².